The van der Waals surface area contributed by atoms with Gasteiger partial charge in [-0.25, -0.2) is 22.5 Å². The number of aromatic nitrogens is 1. The van der Waals surface area contributed by atoms with Gasteiger partial charge in [0.05, 0.1) is 0 Å². The second-order valence-corrected chi connectivity index (χ2v) is 2.48. The minimum Gasteiger partial charge on any atom is -0.236 e. The molecule has 0 unspecified atom stereocenters. The molecule has 0 radical (unpaired) electrons. The Hall–Kier alpha value is -1.34. The number of hydrogen-bond acceptors (Lipinski definition) is 1. The third kappa shape index (κ3) is 2.37. The van der Waals surface area contributed by atoms with Gasteiger partial charge < -0.3 is 0 Å². The SMILES string of the molecule is Fc1cc(F)c(C(F)(F)F)nc1C(F)F. The Morgan fingerprint density at radius 1 is 1.07 bits per heavy atom. The molecule has 1 aromatic rings. The summed E-state index contributed by atoms with van der Waals surface area (Å²) >= 11 is 0. The first-order valence-corrected chi connectivity index (χ1v) is 3.44. The molecule has 0 bridgehead atoms. The molecule has 0 amide bonds. The van der Waals surface area contributed by atoms with Gasteiger partial charge >= 0.3 is 6.18 Å². The van der Waals surface area contributed by atoms with E-state index in [9.17, 15) is 30.7 Å². The van der Waals surface area contributed by atoms with Crippen molar-refractivity contribution >= 4 is 0 Å². The fraction of sp³-hybridized carbons (Fsp3) is 0.286. The van der Waals surface area contributed by atoms with E-state index < -0.39 is 35.6 Å². The molecule has 0 saturated heterocycles. The zero-order valence-electron chi connectivity index (χ0n) is 6.75. The second-order valence-electron chi connectivity index (χ2n) is 2.48. The number of pyridine rings is 1. The Morgan fingerprint density at radius 2 is 1.60 bits per heavy atom. The number of hydrogen-bond donors (Lipinski definition) is 0. The van der Waals surface area contributed by atoms with Crippen molar-refractivity contribution in [2.45, 2.75) is 12.6 Å². The predicted molar refractivity (Wildman–Crippen MR) is 34.1 cm³/mol. The molecule has 1 aromatic heterocycles. The molecule has 15 heavy (non-hydrogen) atoms. The van der Waals surface area contributed by atoms with Crippen LogP contribution in [0.5, 0.6) is 0 Å². The van der Waals surface area contributed by atoms with Crippen LogP contribution < -0.4 is 0 Å². The van der Waals surface area contributed by atoms with Crippen molar-refractivity contribution in [3.63, 3.8) is 0 Å². The highest BCUT2D eigenvalue weighted by molar-refractivity contribution is 5.18. The molecule has 0 aliphatic carbocycles. The van der Waals surface area contributed by atoms with Crippen molar-refractivity contribution in [2.24, 2.45) is 0 Å². The number of halogens is 7. The molecule has 0 spiro atoms. The van der Waals surface area contributed by atoms with E-state index in [1.165, 1.54) is 0 Å². The topological polar surface area (TPSA) is 12.9 Å². The Kier molecular flexibility index (Phi) is 2.87. The average Bonchev–Trinajstić information content (AvgIpc) is 2.00. The van der Waals surface area contributed by atoms with Gasteiger partial charge in [0.2, 0.25) is 0 Å². The molecule has 8 heteroatoms. The minimum atomic E-state index is -5.23. The highest BCUT2D eigenvalue weighted by Crippen LogP contribution is 2.32. The van der Waals surface area contributed by atoms with E-state index in [0.29, 0.717) is 0 Å². The van der Waals surface area contributed by atoms with E-state index in [1.807, 2.05) is 0 Å². The smallest absolute Gasteiger partial charge is 0.236 e. The molecule has 0 fully saturated rings. The minimum absolute atomic E-state index is 0.267. The van der Waals surface area contributed by atoms with Crippen LogP contribution in [0.4, 0.5) is 30.7 Å². The maximum absolute atomic E-state index is 12.5. The zero-order valence-corrected chi connectivity index (χ0v) is 6.75. The van der Waals surface area contributed by atoms with Crippen LogP contribution >= 0.6 is 0 Å². The Bertz CT molecular complexity index is 370. The quantitative estimate of drug-likeness (QED) is 0.678. The fourth-order valence-corrected chi connectivity index (χ4v) is 0.833. The third-order valence-electron chi connectivity index (χ3n) is 1.43. The summed E-state index contributed by atoms with van der Waals surface area (Å²) in [5.74, 6) is -3.83. The van der Waals surface area contributed by atoms with Gasteiger partial charge in [0.25, 0.3) is 6.43 Å². The van der Waals surface area contributed by atoms with Crippen molar-refractivity contribution in [1.82, 2.24) is 4.98 Å². The van der Waals surface area contributed by atoms with Gasteiger partial charge in [-0.15, -0.1) is 0 Å². The lowest BCUT2D eigenvalue weighted by Crippen LogP contribution is -2.14. The molecule has 1 rings (SSSR count). The third-order valence-corrected chi connectivity index (χ3v) is 1.43. The van der Waals surface area contributed by atoms with Crippen LogP contribution in [0.2, 0.25) is 0 Å². The van der Waals surface area contributed by atoms with Gasteiger partial charge in [-0.05, 0) is 0 Å². The first-order valence-electron chi connectivity index (χ1n) is 3.44. The zero-order chi connectivity index (χ0) is 11.8. The van der Waals surface area contributed by atoms with Gasteiger partial charge in [0, 0.05) is 6.07 Å². The van der Waals surface area contributed by atoms with Gasteiger partial charge in [0.15, 0.2) is 17.3 Å². The summed E-state index contributed by atoms with van der Waals surface area (Å²) in [4.78, 5) is 2.22. The predicted octanol–water partition coefficient (Wildman–Crippen LogP) is 3.32. The summed E-state index contributed by atoms with van der Waals surface area (Å²) in [6.07, 6.45) is -8.77. The lowest BCUT2D eigenvalue weighted by Gasteiger charge is -2.09. The Labute approximate surface area is 78.5 Å². The molecule has 1 heterocycles. The lowest BCUT2D eigenvalue weighted by atomic mass is 10.2. The van der Waals surface area contributed by atoms with E-state index in [2.05, 4.69) is 4.98 Å². The van der Waals surface area contributed by atoms with Crippen LogP contribution in [0.3, 0.4) is 0 Å². The summed E-state index contributed by atoms with van der Waals surface area (Å²) in [5, 5.41) is 0. The fourth-order valence-electron chi connectivity index (χ4n) is 0.833. The maximum Gasteiger partial charge on any atom is 0.436 e. The first kappa shape index (κ1) is 11.7. The summed E-state index contributed by atoms with van der Waals surface area (Å²) in [5.41, 5.74) is -3.87. The second kappa shape index (κ2) is 3.67. The molecule has 84 valence electrons. The van der Waals surface area contributed by atoms with E-state index in [1.54, 1.807) is 0 Å². The molecular formula is C7H2F7N. The van der Waals surface area contributed by atoms with E-state index in [-0.39, 0.29) is 6.07 Å². The molecular weight excluding hydrogens is 231 g/mol. The molecule has 0 N–H and O–H groups in total. The summed E-state index contributed by atoms with van der Waals surface area (Å²) < 4.78 is 84.8. The Morgan fingerprint density at radius 3 is 2.00 bits per heavy atom. The molecule has 0 atom stereocenters. The molecule has 0 saturated carbocycles. The van der Waals surface area contributed by atoms with Gasteiger partial charge in [-0.1, -0.05) is 0 Å². The van der Waals surface area contributed by atoms with Crippen LogP contribution in [-0.4, -0.2) is 4.98 Å². The van der Waals surface area contributed by atoms with Crippen molar-refractivity contribution in [3.05, 3.63) is 29.1 Å². The van der Waals surface area contributed by atoms with Crippen molar-refractivity contribution in [3.8, 4) is 0 Å². The number of nitrogens with zero attached hydrogens (tertiary/aromatic N) is 1. The van der Waals surface area contributed by atoms with Gasteiger partial charge in [-0.2, -0.15) is 13.2 Å². The van der Waals surface area contributed by atoms with Crippen LogP contribution in [0.25, 0.3) is 0 Å². The standard InChI is InChI=1S/C7H2F7N/c8-2-1-3(9)5(7(12,13)14)15-4(2)6(10)11/h1,6H. The van der Waals surface area contributed by atoms with Crippen LogP contribution in [-0.2, 0) is 6.18 Å². The number of alkyl halides is 5. The molecule has 1 nitrogen and oxygen atoms in total. The van der Waals surface area contributed by atoms with Crippen LogP contribution in [0.15, 0.2) is 6.07 Å². The first-order chi connectivity index (χ1) is 6.73. The lowest BCUT2D eigenvalue weighted by molar-refractivity contribution is -0.144. The van der Waals surface area contributed by atoms with E-state index in [4.69, 9.17) is 0 Å². The van der Waals surface area contributed by atoms with Crippen LogP contribution in [0, 0.1) is 11.6 Å². The van der Waals surface area contributed by atoms with Crippen molar-refractivity contribution < 1.29 is 30.7 Å². The van der Waals surface area contributed by atoms with E-state index >= 15 is 0 Å². The summed E-state index contributed by atoms with van der Waals surface area (Å²) in [6, 6.07) is -0.267. The molecule has 0 aromatic carbocycles. The number of rotatable bonds is 1. The van der Waals surface area contributed by atoms with Gasteiger partial charge in [0.1, 0.15) is 5.69 Å². The average molecular weight is 233 g/mol. The highest BCUT2D eigenvalue weighted by Gasteiger charge is 2.38. The largest absolute Gasteiger partial charge is 0.436 e. The van der Waals surface area contributed by atoms with Crippen molar-refractivity contribution in [1.29, 1.82) is 0 Å². The maximum atomic E-state index is 12.5. The van der Waals surface area contributed by atoms with Gasteiger partial charge in [-0.3, -0.25) is 0 Å². The summed E-state index contributed by atoms with van der Waals surface area (Å²) in [6.45, 7) is 0. The highest BCUT2D eigenvalue weighted by atomic mass is 19.4. The Balaban J connectivity index is 3.37. The van der Waals surface area contributed by atoms with E-state index in [0.717, 1.165) is 0 Å². The summed E-state index contributed by atoms with van der Waals surface area (Å²) in [7, 11) is 0. The van der Waals surface area contributed by atoms with Crippen LogP contribution in [0.1, 0.15) is 17.8 Å². The molecule has 0 aliphatic heterocycles. The monoisotopic (exact) mass is 233 g/mol. The van der Waals surface area contributed by atoms with Crippen molar-refractivity contribution in [2.75, 3.05) is 0 Å². The normalized spacial score (nSPS) is 12.3. The molecule has 0 aliphatic rings.